The maximum absolute atomic E-state index is 12.5. The number of hydrogen-bond acceptors (Lipinski definition) is 3. The van der Waals surface area contributed by atoms with Gasteiger partial charge >= 0.3 is 6.36 Å². The maximum atomic E-state index is 12.5. The number of nitrogens with zero attached hydrogens (tertiary/aromatic N) is 1. The van der Waals surface area contributed by atoms with Gasteiger partial charge in [-0.05, 0) is 42.8 Å². The van der Waals surface area contributed by atoms with Crippen LogP contribution in [-0.4, -0.2) is 24.7 Å². The Morgan fingerprint density at radius 2 is 1.89 bits per heavy atom. The Morgan fingerprint density at radius 1 is 1.19 bits per heavy atom. The molecule has 1 unspecified atom stereocenters. The van der Waals surface area contributed by atoms with Crippen LogP contribution in [0.2, 0.25) is 5.02 Å². The summed E-state index contributed by atoms with van der Waals surface area (Å²) in [7, 11) is 0. The molecule has 1 atom stereocenters. The lowest BCUT2D eigenvalue weighted by molar-refractivity contribution is -0.274. The molecular weight excluding hydrogens is 385 g/mol. The van der Waals surface area contributed by atoms with Crippen LogP contribution < -0.4 is 15.0 Å². The molecule has 1 fully saturated rings. The van der Waals surface area contributed by atoms with Crippen molar-refractivity contribution in [1.82, 2.24) is 0 Å². The number of hydrogen-bond donors (Lipinski definition) is 1. The number of benzene rings is 2. The van der Waals surface area contributed by atoms with Crippen molar-refractivity contribution in [3.05, 3.63) is 53.6 Å². The Labute approximate surface area is 157 Å². The van der Waals surface area contributed by atoms with Gasteiger partial charge in [-0.25, -0.2) is 0 Å². The fourth-order valence-electron chi connectivity index (χ4n) is 2.80. The maximum Gasteiger partial charge on any atom is 0.573 e. The van der Waals surface area contributed by atoms with Gasteiger partial charge in [0, 0.05) is 29.0 Å². The van der Waals surface area contributed by atoms with Crippen LogP contribution in [0.15, 0.2) is 48.5 Å². The predicted molar refractivity (Wildman–Crippen MR) is 93.7 cm³/mol. The molecule has 0 bridgehead atoms. The van der Waals surface area contributed by atoms with Gasteiger partial charge in [0.2, 0.25) is 11.8 Å². The number of amides is 2. The monoisotopic (exact) mass is 398 g/mol. The lowest BCUT2D eigenvalue weighted by atomic mass is 10.1. The topological polar surface area (TPSA) is 58.6 Å². The van der Waals surface area contributed by atoms with Crippen LogP contribution in [0.4, 0.5) is 24.5 Å². The van der Waals surface area contributed by atoms with Gasteiger partial charge < -0.3 is 15.0 Å². The van der Waals surface area contributed by atoms with Crippen LogP contribution in [-0.2, 0) is 9.59 Å². The van der Waals surface area contributed by atoms with Crippen molar-refractivity contribution in [3.63, 3.8) is 0 Å². The summed E-state index contributed by atoms with van der Waals surface area (Å²) in [5.41, 5.74) is 0.736. The quantitative estimate of drug-likeness (QED) is 0.784. The van der Waals surface area contributed by atoms with Crippen LogP contribution in [0.25, 0.3) is 0 Å². The minimum Gasteiger partial charge on any atom is -0.406 e. The van der Waals surface area contributed by atoms with E-state index < -0.39 is 23.9 Å². The summed E-state index contributed by atoms with van der Waals surface area (Å²) in [5, 5.41) is 3.00. The summed E-state index contributed by atoms with van der Waals surface area (Å²) < 4.78 is 40.7. The van der Waals surface area contributed by atoms with Gasteiger partial charge in [0.05, 0.1) is 0 Å². The summed E-state index contributed by atoms with van der Waals surface area (Å²) in [5.74, 6) is -2.34. The molecule has 9 heteroatoms. The Morgan fingerprint density at radius 3 is 2.56 bits per heavy atom. The molecule has 142 valence electrons. The zero-order valence-corrected chi connectivity index (χ0v) is 14.6. The van der Waals surface area contributed by atoms with Crippen LogP contribution in [0.5, 0.6) is 5.75 Å². The molecule has 1 aliphatic rings. The lowest BCUT2D eigenvalue weighted by Crippen LogP contribution is -2.33. The molecule has 0 saturated carbocycles. The fourth-order valence-corrected chi connectivity index (χ4v) is 2.93. The highest BCUT2D eigenvalue weighted by molar-refractivity contribution is 6.30. The molecule has 0 aromatic heterocycles. The Balaban J connectivity index is 1.67. The molecule has 1 heterocycles. The number of halogens is 4. The van der Waals surface area contributed by atoms with E-state index in [1.807, 2.05) is 0 Å². The van der Waals surface area contributed by atoms with E-state index in [9.17, 15) is 22.8 Å². The highest BCUT2D eigenvalue weighted by atomic mass is 35.5. The highest BCUT2D eigenvalue weighted by Crippen LogP contribution is 2.29. The van der Waals surface area contributed by atoms with E-state index >= 15 is 0 Å². The number of rotatable bonds is 4. The number of ether oxygens (including phenoxy) is 1. The Hall–Kier alpha value is -2.74. The standard InChI is InChI=1S/C18H14ClF3N2O3/c19-11-4-6-13(7-5-11)24-9-8-15(17(24)26)16(25)23-12-2-1-3-14(10-12)27-18(20,21)22/h1-7,10,15H,8-9H2,(H,23,25). The second-order valence-electron chi connectivity index (χ2n) is 5.87. The zero-order chi connectivity index (χ0) is 19.6. The second kappa shape index (κ2) is 7.48. The van der Waals surface area contributed by atoms with Gasteiger partial charge in [-0.2, -0.15) is 0 Å². The molecule has 27 heavy (non-hydrogen) atoms. The summed E-state index contributed by atoms with van der Waals surface area (Å²) in [6, 6.07) is 11.5. The molecule has 2 aromatic rings. The van der Waals surface area contributed by atoms with E-state index in [-0.39, 0.29) is 11.6 Å². The number of anilines is 2. The third kappa shape index (κ3) is 4.71. The van der Waals surface area contributed by atoms with E-state index in [0.29, 0.717) is 23.7 Å². The minimum absolute atomic E-state index is 0.111. The summed E-state index contributed by atoms with van der Waals surface area (Å²) >= 11 is 5.83. The molecule has 5 nitrogen and oxygen atoms in total. The minimum atomic E-state index is -4.83. The Bertz CT molecular complexity index is 856. The first-order valence-electron chi connectivity index (χ1n) is 7.96. The fraction of sp³-hybridized carbons (Fsp3) is 0.222. The van der Waals surface area contributed by atoms with E-state index in [4.69, 9.17) is 11.6 Å². The average Bonchev–Trinajstić information content (AvgIpc) is 2.96. The van der Waals surface area contributed by atoms with Crippen molar-refractivity contribution in [1.29, 1.82) is 0 Å². The van der Waals surface area contributed by atoms with Crippen molar-refractivity contribution in [2.45, 2.75) is 12.8 Å². The number of carbonyl (C=O) groups excluding carboxylic acids is 2. The molecule has 2 aromatic carbocycles. The third-order valence-electron chi connectivity index (χ3n) is 4.00. The van der Waals surface area contributed by atoms with Crippen LogP contribution in [0.1, 0.15) is 6.42 Å². The van der Waals surface area contributed by atoms with Crippen LogP contribution in [0, 0.1) is 5.92 Å². The van der Waals surface area contributed by atoms with Crippen molar-refractivity contribution in [2.24, 2.45) is 5.92 Å². The zero-order valence-electron chi connectivity index (χ0n) is 13.8. The van der Waals surface area contributed by atoms with Crippen LogP contribution in [0.3, 0.4) is 0 Å². The van der Waals surface area contributed by atoms with Gasteiger partial charge in [0.25, 0.3) is 0 Å². The van der Waals surface area contributed by atoms with Gasteiger partial charge in [0.15, 0.2) is 0 Å². The SMILES string of the molecule is O=C(Nc1cccc(OC(F)(F)F)c1)C1CCN(c2ccc(Cl)cc2)C1=O. The first-order chi connectivity index (χ1) is 12.7. The molecule has 3 rings (SSSR count). The third-order valence-corrected chi connectivity index (χ3v) is 4.25. The van der Waals surface area contributed by atoms with Gasteiger partial charge in [-0.1, -0.05) is 17.7 Å². The van der Waals surface area contributed by atoms with E-state index in [2.05, 4.69) is 10.1 Å². The first-order valence-corrected chi connectivity index (χ1v) is 8.34. The normalized spacial score (nSPS) is 17.1. The van der Waals surface area contributed by atoms with E-state index in [1.165, 1.54) is 17.0 Å². The van der Waals surface area contributed by atoms with Gasteiger partial charge in [-0.15, -0.1) is 13.2 Å². The summed E-state index contributed by atoms with van der Waals surface area (Å²) in [6.07, 6.45) is -4.53. The second-order valence-corrected chi connectivity index (χ2v) is 6.31. The van der Waals surface area contributed by atoms with Gasteiger partial charge in [-0.3, -0.25) is 9.59 Å². The largest absolute Gasteiger partial charge is 0.573 e. The number of alkyl halides is 3. The Kier molecular flexibility index (Phi) is 5.27. The molecule has 1 aliphatic heterocycles. The molecule has 0 aliphatic carbocycles. The first kappa shape index (κ1) is 19.0. The smallest absolute Gasteiger partial charge is 0.406 e. The van der Waals surface area contributed by atoms with Crippen molar-refractivity contribution >= 4 is 34.8 Å². The van der Waals surface area contributed by atoms with Crippen LogP contribution >= 0.6 is 11.6 Å². The number of carbonyl (C=O) groups is 2. The molecule has 2 amide bonds. The average molecular weight is 399 g/mol. The predicted octanol–water partition coefficient (Wildman–Crippen LogP) is 4.23. The van der Waals surface area contributed by atoms with Gasteiger partial charge in [0.1, 0.15) is 11.7 Å². The molecular formula is C18H14ClF3N2O3. The molecule has 0 radical (unpaired) electrons. The van der Waals surface area contributed by atoms with Crippen molar-refractivity contribution in [3.8, 4) is 5.75 Å². The lowest BCUT2D eigenvalue weighted by Gasteiger charge is -2.17. The summed E-state index contributed by atoms with van der Waals surface area (Å²) in [4.78, 5) is 26.4. The molecule has 0 spiro atoms. The van der Waals surface area contributed by atoms with E-state index in [1.54, 1.807) is 24.3 Å². The number of nitrogens with one attached hydrogen (secondary N) is 1. The van der Waals surface area contributed by atoms with Crippen molar-refractivity contribution < 1.29 is 27.5 Å². The highest BCUT2D eigenvalue weighted by Gasteiger charge is 2.37. The molecule has 1 saturated heterocycles. The molecule has 1 N–H and O–H groups in total. The van der Waals surface area contributed by atoms with Crippen molar-refractivity contribution in [2.75, 3.05) is 16.8 Å². The van der Waals surface area contributed by atoms with E-state index in [0.717, 1.165) is 12.1 Å². The summed E-state index contributed by atoms with van der Waals surface area (Å²) in [6.45, 7) is 0.357.